The van der Waals surface area contributed by atoms with Gasteiger partial charge in [0, 0.05) is 12.6 Å². The Labute approximate surface area is 102 Å². The standard InChI is InChI=1S/C14H30N2/c1-3-10-15-12-13(2)16-11-9-14-7-5-4-6-8-14/h13-16H,3-12H2,1-2H3. The molecule has 0 bridgehead atoms. The van der Waals surface area contributed by atoms with Gasteiger partial charge in [0.1, 0.15) is 0 Å². The van der Waals surface area contributed by atoms with E-state index in [1.807, 2.05) is 0 Å². The largest absolute Gasteiger partial charge is 0.315 e. The Hall–Kier alpha value is -0.0800. The highest BCUT2D eigenvalue weighted by atomic mass is 15.0. The molecule has 1 aliphatic carbocycles. The maximum Gasteiger partial charge on any atom is 0.0164 e. The number of hydrogen-bond acceptors (Lipinski definition) is 2. The van der Waals surface area contributed by atoms with Crippen LogP contribution < -0.4 is 10.6 Å². The third kappa shape index (κ3) is 6.49. The summed E-state index contributed by atoms with van der Waals surface area (Å²) in [4.78, 5) is 0. The summed E-state index contributed by atoms with van der Waals surface area (Å²) < 4.78 is 0. The fourth-order valence-corrected chi connectivity index (χ4v) is 2.58. The van der Waals surface area contributed by atoms with E-state index in [4.69, 9.17) is 0 Å². The minimum absolute atomic E-state index is 0.621. The quantitative estimate of drug-likeness (QED) is 0.622. The van der Waals surface area contributed by atoms with Gasteiger partial charge in [-0.3, -0.25) is 0 Å². The molecule has 0 amide bonds. The molecule has 0 heterocycles. The van der Waals surface area contributed by atoms with Gasteiger partial charge in [0.15, 0.2) is 0 Å². The normalized spacial score (nSPS) is 19.9. The first-order chi connectivity index (χ1) is 7.83. The monoisotopic (exact) mass is 226 g/mol. The van der Waals surface area contributed by atoms with E-state index < -0.39 is 0 Å². The molecule has 1 rings (SSSR count). The summed E-state index contributed by atoms with van der Waals surface area (Å²) in [5.41, 5.74) is 0. The van der Waals surface area contributed by atoms with Crippen LogP contribution in [0.25, 0.3) is 0 Å². The van der Waals surface area contributed by atoms with Gasteiger partial charge >= 0.3 is 0 Å². The molecule has 1 aliphatic rings. The van der Waals surface area contributed by atoms with E-state index in [0.717, 1.165) is 19.0 Å². The Kier molecular flexibility index (Phi) is 7.87. The van der Waals surface area contributed by atoms with E-state index in [-0.39, 0.29) is 0 Å². The fourth-order valence-electron chi connectivity index (χ4n) is 2.58. The molecule has 0 radical (unpaired) electrons. The molecular weight excluding hydrogens is 196 g/mol. The summed E-state index contributed by atoms with van der Waals surface area (Å²) in [6.07, 6.45) is 9.99. The molecule has 2 nitrogen and oxygen atoms in total. The molecule has 0 aromatic rings. The minimum atomic E-state index is 0.621. The Morgan fingerprint density at radius 2 is 1.88 bits per heavy atom. The average molecular weight is 226 g/mol. The SMILES string of the molecule is CCCNCC(C)NCCC1CCCCC1. The Bertz CT molecular complexity index is 153. The molecule has 16 heavy (non-hydrogen) atoms. The van der Waals surface area contributed by atoms with Crippen LogP contribution in [-0.2, 0) is 0 Å². The first kappa shape index (κ1) is 14.0. The first-order valence-corrected chi connectivity index (χ1v) is 7.27. The summed E-state index contributed by atoms with van der Waals surface area (Å²) in [5.74, 6) is 1.01. The van der Waals surface area contributed by atoms with Crippen molar-refractivity contribution in [2.24, 2.45) is 5.92 Å². The lowest BCUT2D eigenvalue weighted by Crippen LogP contribution is -2.37. The predicted octanol–water partition coefficient (Wildman–Crippen LogP) is 2.93. The third-order valence-corrected chi connectivity index (χ3v) is 3.65. The Morgan fingerprint density at radius 3 is 2.56 bits per heavy atom. The zero-order valence-corrected chi connectivity index (χ0v) is 11.2. The second kappa shape index (κ2) is 9.00. The van der Waals surface area contributed by atoms with Gasteiger partial charge in [-0.1, -0.05) is 39.0 Å². The molecule has 0 saturated heterocycles. The van der Waals surface area contributed by atoms with Crippen molar-refractivity contribution < 1.29 is 0 Å². The van der Waals surface area contributed by atoms with Crippen molar-refractivity contribution in [3.05, 3.63) is 0 Å². The summed E-state index contributed by atoms with van der Waals surface area (Å²) in [7, 11) is 0. The van der Waals surface area contributed by atoms with E-state index in [2.05, 4.69) is 24.5 Å². The van der Waals surface area contributed by atoms with E-state index >= 15 is 0 Å². The van der Waals surface area contributed by atoms with Gasteiger partial charge in [0.05, 0.1) is 0 Å². The Morgan fingerprint density at radius 1 is 1.12 bits per heavy atom. The molecule has 2 heteroatoms. The van der Waals surface area contributed by atoms with Gasteiger partial charge in [0.25, 0.3) is 0 Å². The summed E-state index contributed by atoms with van der Waals surface area (Å²) in [5, 5.41) is 7.09. The second-order valence-electron chi connectivity index (χ2n) is 5.35. The van der Waals surface area contributed by atoms with Crippen molar-refractivity contribution >= 4 is 0 Å². The molecule has 0 aliphatic heterocycles. The van der Waals surface area contributed by atoms with Gasteiger partial charge in [-0.2, -0.15) is 0 Å². The molecule has 1 atom stereocenters. The summed E-state index contributed by atoms with van der Waals surface area (Å²) >= 11 is 0. The zero-order chi connectivity index (χ0) is 11.6. The van der Waals surface area contributed by atoms with Crippen LogP contribution in [0.5, 0.6) is 0 Å². The molecule has 2 N–H and O–H groups in total. The van der Waals surface area contributed by atoms with Gasteiger partial charge in [-0.15, -0.1) is 0 Å². The summed E-state index contributed by atoms with van der Waals surface area (Å²) in [6.45, 7) is 7.96. The van der Waals surface area contributed by atoms with Gasteiger partial charge < -0.3 is 10.6 Å². The van der Waals surface area contributed by atoms with Crippen LogP contribution in [-0.4, -0.2) is 25.7 Å². The molecular formula is C14H30N2. The van der Waals surface area contributed by atoms with Crippen LogP contribution in [0, 0.1) is 5.92 Å². The maximum atomic E-state index is 3.63. The lowest BCUT2D eigenvalue weighted by atomic mass is 9.87. The highest BCUT2D eigenvalue weighted by Crippen LogP contribution is 2.25. The molecule has 0 spiro atoms. The van der Waals surface area contributed by atoms with Crippen LogP contribution in [0.15, 0.2) is 0 Å². The van der Waals surface area contributed by atoms with Crippen molar-refractivity contribution in [1.82, 2.24) is 10.6 Å². The number of nitrogens with one attached hydrogen (secondary N) is 2. The first-order valence-electron chi connectivity index (χ1n) is 7.27. The molecule has 1 fully saturated rings. The van der Waals surface area contributed by atoms with Gasteiger partial charge in [-0.05, 0) is 38.8 Å². The van der Waals surface area contributed by atoms with Crippen molar-refractivity contribution in [2.75, 3.05) is 19.6 Å². The van der Waals surface area contributed by atoms with Crippen LogP contribution in [0.1, 0.15) is 58.8 Å². The van der Waals surface area contributed by atoms with Crippen LogP contribution in [0.2, 0.25) is 0 Å². The molecule has 1 unspecified atom stereocenters. The highest BCUT2D eigenvalue weighted by molar-refractivity contribution is 4.69. The van der Waals surface area contributed by atoms with E-state index in [0.29, 0.717) is 6.04 Å². The van der Waals surface area contributed by atoms with Crippen molar-refractivity contribution in [1.29, 1.82) is 0 Å². The maximum absolute atomic E-state index is 3.63. The predicted molar refractivity (Wildman–Crippen MR) is 71.8 cm³/mol. The lowest BCUT2D eigenvalue weighted by molar-refractivity contribution is 0.328. The summed E-state index contributed by atoms with van der Waals surface area (Å²) in [6, 6.07) is 0.621. The number of rotatable bonds is 8. The highest BCUT2D eigenvalue weighted by Gasteiger charge is 2.12. The average Bonchev–Trinajstić information content (AvgIpc) is 2.31. The van der Waals surface area contributed by atoms with Crippen LogP contribution >= 0.6 is 0 Å². The van der Waals surface area contributed by atoms with Crippen molar-refractivity contribution in [3.8, 4) is 0 Å². The van der Waals surface area contributed by atoms with Gasteiger partial charge in [0.2, 0.25) is 0 Å². The van der Waals surface area contributed by atoms with Crippen molar-refractivity contribution in [3.63, 3.8) is 0 Å². The molecule has 96 valence electrons. The van der Waals surface area contributed by atoms with E-state index in [1.165, 1.54) is 51.5 Å². The third-order valence-electron chi connectivity index (χ3n) is 3.65. The second-order valence-corrected chi connectivity index (χ2v) is 5.35. The number of hydrogen-bond donors (Lipinski definition) is 2. The van der Waals surface area contributed by atoms with Crippen LogP contribution in [0.4, 0.5) is 0 Å². The molecule has 1 saturated carbocycles. The topological polar surface area (TPSA) is 24.1 Å². The smallest absolute Gasteiger partial charge is 0.0164 e. The fraction of sp³-hybridized carbons (Fsp3) is 1.00. The zero-order valence-electron chi connectivity index (χ0n) is 11.2. The molecule has 0 aromatic heterocycles. The van der Waals surface area contributed by atoms with E-state index in [1.54, 1.807) is 0 Å². The van der Waals surface area contributed by atoms with Crippen LogP contribution in [0.3, 0.4) is 0 Å². The van der Waals surface area contributed by atoms with Crippen molar-refractivity contribution in [2.45, 2.75) is 64.8 Å². The minimum Gasteiger partial charge on any atom is -0.315 e. The van der Waals surface area contributed by atoms with Gasteiger partial charge in [-0.25, -0.2) is 0 Å². The Balaban J connectivity index is 1.92. The molecule has 0 aromatic carbocycles. The van der Waals surface area contributed by atoms with E-state index in [9.17, 15) is 0 Å². The lowest BCUT2D eigenvalue weighted by Gasteiger charge is -2.22.